The molecule has 22 heavy (non-hydrogen) atoms. The zero-order valence-electron chi connectivity index (χ0n) is 13.1. The summed E-state index contributed by atoms with van der Waals surface area (Å²) < 4.78 is 5.73. The van der Waals surface area contributed by atoms with Crippen molar-refractivity contribution in [2.75, 3.05) is 25.0 Å². The van der Waals surface area contributed by atoms with Crippen LogP contribution in [0.4, 0.5) is 5.69 Å². The topological polar surface area (TPSA) is 58.6 Å². The van der Waals surface area contributed by atoms with E-state index in [4.69, 9.17) is 4.74 Å². The lowest BCUT2D eigenvalue weighted by Crippen LogP contribution is -2.43. The van der Waals surface area contributed by atoms with E-state index < -0.39 is 6.10 Å². The zero-order valence-corrected chi connectivity index (χ0v) is 13.1. The monoisotopic (exact) mass is 302 g/mol. The van der Waals surface area contributed by atoms with Gasteiger partial charge in [0.25, 0.3) is 5.91 Å². The molecule has 2 atom stereocenters. The van der Waals surface area contributed by atoms with Crippen LogP contribution in [-0.4, -0.2) is 37.9 Å². The number of rotatable bonds is 3. The van der Waals surface area contributed by atoms with Crippen LogP contribution in [0.1, 0.15) is 36.5 Å². The number of carbonyl (C=O) groups excluding carboxylic acids is 2. The van der Waals surface area contributed by atoms with Gasteiger partial charge >= 0.3 is 0 Å². The van der Waals surface area contributed by atoms with E-state index in [0.29, 0.717) is 23.4 Å². The number of nitrogens with one attached hydrogen (secondary N) is 1. The Morgan fingerprint density at radius 2 is 2.27 bits per heavy atom. The predicted octanol–water partition coefficient (Wildman–Crippen LogP) is 2.00. The summed E-state index contributed by atoms with van der Waals surface area (Å²) in [6, 6.07) is 5.41. The molecule has 1 aromatic carbocycles. The zero-order chi connectivity index (χ0) is 15.7. The van der Waals surface area contributed by atoms with Crippen molar-refractivity contribution in [1.29, 1.82) is 0 Å². The molecule has 1 N–H and O–H groups in total. The van der Waals surface area contributed by atoms with Gasteiger partial charge in [-0.2, -0.15) is 0 Å². The molecule has 2 aliphatic heterocycles. The van der Waals surface area contributed by atoms with Gasteiger partial charge in [0.15, 0.2) is 11.9 Å². The summed E-state index contributed by atoms with van der Waals surface area (Å²) in [5.74, 6) is 0.792. The van der Waals surface area contributed by atoms with Gasteiger partial charge in [-0.1, -0.05) is 6.92 Å². The Balaban J connectivity index is 1.87. The van der Waals surface area contributed by atoms with Gasteiger partial charge in [0.05, 0.1) is 5.69 Å². The van der Waals surface area contributed by atoms with Crippen LogP contribution in [0.5, 0.6) is 5.75 Å². The van der Waals surface area contributed by atoms with Crippen molar-refractivity contribution in [3.05, 3.63) is 23.8 Å². The number of nitrogens with zero attached hydrogens (tertiary/aromatic N) is 1. The molecular weight excluding hydrogens is 280 g/mol. The van der Waals surface area contributed by atoms with Crippen LogP contribution in [0.3, 0.4) is 0 Å². The Hall–Kier alpha value is -1.88. The SMILES string of the molecule is CCC1Oc2ccc(C(=O)C3CCCNC3)cc2N(C)C1=O. The normalized spacial score (nSPS) is 24.6. The minimum Gasteiger partial charge on any atom is -0.478 e. The number of hydrogen-bond donors (Lipinski definition) is 1. The van der Waals surface area contributed by atoms with Crippen LogP contribution in [0, 0.1) is 5.92 Å². The van der Waals surface area contributed by atoms with E-state index in [1.165, 1.54) is 0 Å². The van der Waals surface area contributed by atoms with Gasteiger partial charge in [-0.05, 0) is 44.0 Å². The third kappa shape index (κ3) is 2.61. The second kappa shape index (κ2) is 6.08. The molecule has 2 unspecified atom stereocenters. The number of piperidine rings is 1. The number of carbonyl (C=O) groups is 2. The predicted molar refractivity (Wildman–Crippen MR) is 84.5 cm³/mol. The molecule has 5 heteroatoms. The van der Waals surface area contributed by atoms with Crippen molar-refractivity contribution in [3.63, 3.8) is 0 Å². The minimum atomic E-state index is -0.429. The summed E-state index contributed by atoms with van der Waals surface area (Å²) >= 11 is 0. The lowest BCUT2D eigenvalue weighted by atomic mass is 9.90. The Kier molecular flexibility index (Phi) is 4.16. The first-order valence-electron chi connectivity index (χ1n) is 7.95. The van der Waals surface area contributed by atoms with Crippen LogP contribution in [0.2, 0.25) is 0 Å². The number of anilines is 1. The highest BCUT2D eigenvalue weighted by Crippen LogP contribution is 2.35. The van der Waals surface area contributed by atoms with Crippen molar-refractivity contribution < 1.29 is 14.3 Å². The molecule has 0 radical (unpaired) electrons. The highest BCUT2D eigenvalue weighted by Gasteiger charge is 2.32. The van der Waals surface area contributed by atoms with E-state index in [-0.39, 0.29) is 17.6 Å². The summed E-state index contributed by atoms with van der Waals surface area (Å²) in [5, 5.41) is 3.27. The van der Waals surface area contributed by atoms with Crippen LogP contribution >= 0.6 is 0 Å². The standard InChI is InChI=1S/C17H22N2O3/c1-3-14-17(21)19(2)13-9-11(6-7-15(13)22-14)16(20)12-5-4-8-18-10-12/h6-7,9,12,14,18H,3-5,8,10H2,1-2H3. The number of Topliss-reactive ketones (excluding diaryl/α,β-unsaturated/α-hetero) is 1. The van der Waals surface area contributed by atoms with Crippen molar-refractivity contribution in [1.82, 2.24) is 5.32 Å². The van der Waals surface area contributed by atoms with E-state index >= 15 is 0 Å². The van der Waals surface area contributed by atoms with Crippen LogP contribution in [-0.2, 0) is 4.79 Å². The van der Waals surface area contributed by atoms with Crippen LogP contribution in [0.15, 0.2) is 18.2 Å². The molecule has 1 amide bonds. The summed E-state index contributed by atoms with van der Waals surface area (Å²) in [4.78, 5) is 26.4. The van der Waals surface area contributed by atoms with Crippen molar-refractivity contribution in [2.45, 2.75) is 32.3 Å². The van der Waals surface area contributed by atoms with Gasteiger partial charge in [0.1, 0.15) is 5.75 Å². The Morgan fingerprint density at radius 1 is 1.45 bits per heavy atom. The summed E-state index contributed by atoms with van der Waals surface area (Å²) in [6.07, 6.45) is 2.16. The molecule has 1 aromatic rings. The highest BCUT2D eigenvalue weighted by atomic mass is 16.5. The smallest absolute Gasteiger partial charge is 0.267 e. The summed E-state index contributed by atoms with van der Waals surface area (Å²) in [6.45, 7) is 3.64. The van der Waals surface area contributed by atoms with Gasteiger partial charge in [-0.15, -0.1) is 0 Å². The molecule has 1 saturated heterocycles. The second-order valence-electron chi connectivity index (χ2n) is 6.00. The van der Waals surface area contributed by atoms with Gasteiger partial charge in [0, 0.05) is 25.1 Å². The molecule has 0 saturated carbocycles. The molecule has 0 aromatic heterocycles. The van der Waals surface area contributed by atoms with E-state index in [1.54, 1.807) is 18.0 Å². The number of fused-ring (bicyclic) bond motifs is 1. The lowest BCUT2D eigenvalue weighted by molar-refractivity contribution is -0.126. The number of amides is 1. The molecule has 2 aliphatic rings. The molecule has 2 heterocycles. The Bertz CT molecular complexity index is 594. The fourth-order valence-electron chi connectivity index (χ4n) is 3.14. The van der Waals surface area contributed by atoms with Gasteiger partial charge < -0.3 is 15.0 Å². The first-order chi connectivity index (χ1) is 10.6. The maximum absolute atomic E-state index is 12.6. The largest absolute Gasteiger partial charge is 0.478 e. The fraction of sp³-hybridized carbons (Fsp3) is 0.529. The molecule has 3 rings (SSSR count). The lowest BCUT2D eigenvalue weighted by Gasteiger charge is -2.32. The van der Waals surface area contributed by atoms with Gasteiger partial charge in [0.2, 0.25) is 0 Å². The molecule has 0 bridgehead atoms. The number of ether oxygens (including phenoxy) is 1. The Morgan fingerprint density at radius 3 is 2.95 bits per heavy atom. The number of hydrogen-bond acceptors (Lipinski definition) is 4. The third-order valence-corrected chi connectivity index (χ3v) is 4.52. The molecule has 0 spiro atoms. The second-order valence-corrected chi connectivity index (χ2v) is 6.00. The van der Waals surface area contributed by atoms with Crippen LogP contribution in [0.25, 0.3) is 0 Å². The first-order valence-corrected chi connectivity index (χ1v) is 7.95. The van der Waals surface area contributed by atoms with Gasteiger partial charge in [-0.25, -0.2) is 0 Å². The average molecular weight is 302 g/mol. The molecule has 0 aliphatic carbocycles. The maximum atomic E-state index is 12.6. The van der Waals surface area contributed by atoms with E-state index in [9.17, 15) is 9.59 Å². The van der Waals surface area contributed by atoms with Crippen LogP contribution < -0.4 is 15.0 Å². The summed E-state index contributed by atoms with van der Waals surface area (Å²) in [7, 11) is 1.74. The molecular formula is C17H22N2O3. The average Bonchev–Trinajstić information content (AvgIpc) is 2.58. The minimum absolute atomic E-state index is 0.0284. The summed E-state index contributed by atoms with van der Waals surface area (Å²) in [5.41, 5.74) is 1.34. The third-order valence-electron chi connectivity index (χ3n) is 4.52. The van der Waals surface area contributed by atoms with E-state index in [2.05, 4.69) is 5.32 Å². The number of benzene rings is 1. The van der Waals surface area contributed by atoms with Crippen molar-refractivity contribution >= 4 is 17.4 Å². The molecule has 1 fully saturated rings. The maximum Gasteiger partial charge on any atom is 0.267 e. The van der Waals surface area contributed by atoms with E-state index in [0.717, 1.165) is 25.9 Å². The molecule has 118 valence electrons. The number of ketones is 1. The first kappa shape index (κ1) is 15.0. The van der Waals surface area contributed by atoms with Gasteiger partial charge in [-0.3, -0.25) is 9.59 Å². The quantitative estimate of drug-likeness (QED) is 0.868. The van der Waals surface area contributed by atoms with E-state index in [1.807, 2.05) is 19.1 Å². The molecule has 5 nitrogen and oxygen atoms in total. The van der Waals surface area contributed by atoms with Crippen molar-refractivity contribution in [2.24, 2.45) is 5.92 Å². The van der Waals surface area contributed by atoms with Crippen molar-refractivity contribution in [3.8, 4) is 5.75 Å². The highest BCUT2D eigenvalue weighted by molar-refractivity contribution is 6.03. The fourth-order valence-corrected chi connectivity index (χ4v) is 3.14. The number of likely N-dealkylation sites (N-methyl/N-ethyl adjacent to an activating group) is 1. The Labute approximate surface area is 130 Å².